The van der Waals surface area contributed by atoms with Crippen LogP contribution >= 0.6 is 15.9 Å². The lowest BCUT2D eigenvalue weighted by Gasteiger charge is -2.33. The molecule has 7 nitrogen and oxygen atoms in total. The molecule has 1 atom stereocenters. The molecule has 0 aliphatic rings. The van der Waals surface area contributed by atoms with Crippen molar-refractivity contribution in [1.29, 1.82) is 0 Å². The molecule has 0 bridgehead atoms. The molecule has 3 aromatic rings. The van der Waals surface area contributed by atoms with Crippen LogP contribution in [0.5, 0.6) is 0 Å². The number of sulfonamides is 1. The van der Waals surface area contributed by atoms with Crippen LogP contribution in [-0.2, 0) is 32.6 Å². The van der Waals surface area contributed by atoms with Gasteiger partial charge in [-0.25, -0.2) is 17.2 Å². The molecule has 0 aliphatic carbocycles. The SMILES string of the molecule is CCNC(=O)[C@H](Cc1ccccc1)N(Cc1cccc(Br)c1)C(=O)CN(c1ccc(F)c(F)c1)S(C)(=O)=O. The van der Waals surface area contributed by atoms with Gasteiger partial charge >= 0.3 is 0 Å². The van der Waals surface area contributed by atoms with E-state index in [0.717, 1.165) is 28.4 Å². The van der Waals surface area contributed by atoms with E-state index in [4.69, 9.17) is 0 Å². The van der Waals surface area contributed by atoms with Gasteiger partial charge in [0.05, 0.1) is 11.9 Å². The number of amides is 2. The fourth-order valence-electron chi connectivity index (χ4n) is 3.93. The molecule has 0 heterocycles. The average molecular weight is 609 g/mol. The number of carbonyl (C=O) groups excluding carboxylic acids is 2. The quantitative estimate of drug-likeness (QED) is 0.353. The molecule has 1 N–H and O–H groups in total. The van der Waals surface area contributed by atoms with E-state index in [-0.39, 0.29) is 18.7 Å². The van der Waals surface area contributed by atoms with Crippen molar-refractivity contribution in [2.24, 2.45) is 0 Å². The summed E-state index contributed by atoms with van der Waals surface area (Å²) < 4.78 is 54.2. The minimum atomic E-state index is -4.08. The van der Waals surface area contributed by atoms with Crippen LogP contribution in [-0.4, -0.2) is 50.5 Å². The fourth-order valence-corrected chi connectivity index (χ4v) is 5.22. The second kappa shape index (κ2) is 13.0. The first kappa shape index (κ1) is 29.2. The Morgan fingerprint density at radius 2 is 1.63 bits per heavy atom. The monoisotopic (exact) mass is 607 g/mol. The first-order valence-electron chi connectivity index (χ1n) is 11.8. The average Bonchev–Trinajstić information content (AvgIpc) is 2.86. The van der Waals surface area contributed by atoms with Gasteiger partial charge in [-0.3, -0.25) is 13.9 Å². The molecular weight excluding hydrogens is 580 g/mol. The van der Waals surface area contributed by atoms with Gasteiger partial charge < -0.3 is 10.2 Å². The van der Waals surface area contributed by atoms with E-state index in [1.807, 2.05) is 36.4 Å². The summed E-state index contributed by atoms with van der Waals surface area (Å²) in [5, 5.41) is 2.76. The van der Waals surface area contributed by atoms with Gasteiger partial charge in [-0.15, -0.1) is 0 Å². The summed E-state index contributed by atoms with van der Waals surface area (Å²) in [6.07, 6.45) is 1.04. The second-order valence-corrected chi connectivity index (χ2v) is 11.4. The molecule has 0 unspecified atom stereocenters. The number of nitrogens with one attached hydrogen (secondary N) is 1. The Hall–Kier alpha value is -3.31. The second-order valence-electron chi connectivity index (χ2n) is 8.62. The number of carbonyl (C=O) groups is 2. The van der Waals surface area contributed by atoms with Gasteiger partial charge in [0.25, 0.3) is 0 Å². The predicted molar refractivity (Wildman–Crippen MR) is 146 cm³/mol. The van der Waals surface area contributed by atoms with E-state index in [2.05, 4.69) is 21.2 Å². The largest absolute Gasteiger partial charge is 0.355 e. The molecule has 0 fully saturated rings. The van der Waals surface area contributed by atoms with E-state index in [0.29, 0.717) is 22.5 Å². The molecular formula is C27H28BrF2N3O4S. The zero-order chi connectivity index (χ0) is 27.9. The summed E-state index contributed by atoms with van der Waals surface area (Å²) in [5.74, 6) is -3.49. The third-order valence-corrected chi connectivity index (χ3v) is 7.37. The maximum Gasteiger partial charge on any atom is 0.244 e. The number of nitrogens with zero attached hydrogens (tertiary/aromatic N) is 2. The van der Waals surface area contributed by atoms with Crippen LogP contribution in [0.15, 0.2) is 77.3 Å². The highest BCUT2D eigenvalue weighted by Gasteiger charge is 2.33. The van der Waals surface area contributed by atoms with E-state index in [1.165, 1.54) is 4.90 Å². The van der Waals surface area contributed by atoms with Gasteiger partial charge in [-0.2, -0.15) is 0 Å². The third-order valence-electron chi connectivity index (χ3n) is 5.73. The number of hydrogen-bond donors (Lipinski definition) is 1. The van der Waals surface area contributed by atoms with E-state index in [9.17, 15) is 26.8 Å². The van der Waals surface area contributed by atoms with Gasteiger partial charge in [0.15, 0.2) is 11.6 Å². The molecule has 0 saturated heterocycles. The molecule has 202 valence electrons. The minimum absolute atomic E-state index is 0.00227. The van der Waals surface area contributed by atoms with Crippen molar-refractivity contribution in [3.8, 4) is 0 Å². The predicted octanol–water partition coefficient (Wildman–Crippen LogP) is 4.27. The Morgan fingerprint density at radius 1 is 0.947 bits per heavy atom. The maximum atomic E-state index is 14.0. The zero-order valence-corrected chi connectivity index (χ0v) is 23.3. The van der Waals surface area contributed by atoms with Crippen LogP contribution < -0.4 is 9.62 Å². The van der Waals surface area contributed by atoms with E-state index >= 15 is 0 Å². The highest BCUT2D eigenvalue weighted by molar-refractivity contribution is 9.10. The van der Waals surface area contributed by atoms with Gasteiger partial charge in [0.2, 0.25) is 21.8 Å². The van der Waals surface area contributed by atoms with Crippen LogP contribution in [0.2, 0.25) is 0 Å². The molecule has 2 amide bonds. The third kappa shape index (κ3) is 7.84. The first-order valence-corrected chi connectivity index (χ1v) is 14.4. The highest BCUT2D eigenvalue weighted by Crippen LogP contribution is 2.23. The van der Waals surface area contributed by atoms with Crippen LogP contribution in [0, 0.1) is 11.6 Å². The smallest absolute Gasteiger partial charge is 0.244 e. The van der Waals surface area contributed by atoms with Crippen molar-refractivity contribution in [1.82, 2.24) is 10.2 Å². The van der Waals surface area contributed by atoms with Gasteiger partial charge in [0.1, 0.15) is 12.6 Å². The molecule has 0 aromatic heterocycles. The Kier molecular flexibility index (Phi) is 9.98. The molecule has 0 saturated carbocycles. The summed E-state index contributed by atoms with van der Waals surface area (Å²) in [7, 11) is -4.08. The Morgan fingerprint density at radius 3 is 2.24 bits per heavy atom. The van der Waals surface area contributed by atoms with E-state index in [1.54, 1.807) is 25.1 Å². The van der Waals surface area contributed by atoms with Crippen LogP contribution in [0.4, 0.5) is 14.5 Å². The number of halogens is 3. The molecule has 3 aromatic carbocycles. The van der Waals surface area contributed by atoms with E-state index < -0.39 is 46.1 Å². The molecule has 3 rings (SSSR count). The van der Waals surface area contributed by atoms with Crippen LogP contribution in [0.25, 0.3) is 0 Å². The summed E-state index contributed by atoms with van der Waals surface area (Å²) in [4.78, 5) is 28.4. The number of anilines is 1. The summed E-state index contributed by atoms with van der Waals surface area (Å²) in [6.45, 7) is 1.37. The maximum absolute atomic E-state index is 14.0. The normalized spacial score (nSPS) is 12.0. The summed E-state index contributed by atoms with van der Waals surface area (Å²) in [6, 6.07) is 17.9. The van der Waals surface area contributed by atoms with Crippen molar-refractivity contribution in [2.75, 3.05) is 23.7 Å². The number of likely N-dealkylation sites (N-methyl/N-ethyl adjacent to an activating group) is 1. The highest BCUT2D eigenvalue weighted by atomic mass is 79.9. The van der Waals surface area contributed by atoms with Crippen LogP contribution in [0.1, 0.15) is 18.1 Å². The summed E-state index contributed by atoms with van der Waals surface area (Å²) in [5.41, 5.74) is 1.30. The van der Waals surface area contributed by atoms with Gasteiger partial charge in [0, 0.05) is 30.0 Å². The minimum Gasteiger partial charge on any atom is -0.355 e. The lowest BCUT2D eigenvalue weighted by Crippen LogP contribution is -2.53. The molecule has 0 aliphatic heterocycles. The van der Waals surface area contributed by atoms with Crippen molar-refractivity contribution in [3.63, 3.8) is 0 Å². The first-order chi connectivity index (χ1) is 18.0. The number of benzene rings is 3. The van der Waals surface area contributed by atoms with Crippen molar-refractivity contribution in [2.45, 2.75) is 25.9 Å². The summed E-state index contributed by atoms with van der Waals surface area (Å²) >= 11 is 3.41. The number of rotatable bonds is 11. The lowest BCUT2D eigenvalue weighted by atomic mass is 10.0. The topological polar surface area (TPSA) is 86.8 Å². The number of hydrogen-bond acceptors (Lipinski definition) is 4. The molecule has 11 heteroatoms. The van der Waals surface area contributed by atoms with Gasteiger partial charge in [-0.1, -0.05) is 58.4 Å². The Balaban J connectivity index is 2.05. The van der Waals surface area contributed by atoms with Crippen molar-refractivity contribution >= 4 is 43.5 Å². The zero-order valence-electron chi connectivity index (χ0n) is 20.9. The standard InChI is InChI=1S/C27H28BrF2N3O4S/c1-3-31-27(35)25(15-19-8-5-4-6-9-19)32(17-20-10-7-11-21(28)14-20)26(34)18-33(38(2,36)37)22-12-13-23(29)24(30)16-22/h4-14,16,25H,3,15,17-18H2,1-2H3,(H,31,35)/t25-/m0/s1. The van der Waals surface area contributed by atoms with Gasteiger partial charge in [-0.05, 0) is 42.3 Å². The Labute approximate surface area is 229 Å². The van der Waals surface area contributed by atoms with Crippen molar-refractivity contribution in [3.05, 3.63) is 100 Å². The Bertz CT molecular complexity index is 1390. The molecule has 0 radical (unpaired) electrons. The van der Waals surface area contributed by atoms with Crippen molar-refractivity contribution < 1.29 is 26.8 Å². The fraction of sp³-hybridized carbons (Fsp3) is 0.259. The lowest BCUT2D eigenvalue weighted by molar-refractivity contribution is -0.140. The molecule has 38 heavy (non-hydrogen) atoms. The van der Waals surface area contributed by atoms with Crippen LogP contribution in [0.3, 0.4) is 0 Å². The molecule has 0 spiro atoms.